The minimum Gasteiger partial charge on any atom is -0.343 e. The number of hydrogen-bond donors (Lipinski definition) is 1. The fourth-order valence-electron chi connectivity index (χ4n) is 2.79. The first kappa shape index (κ1) is 14.9. The molecule has 0 radical (unpaired) electrons. The topological polar surface area (TPSA) is 71.0 Å². The van der Waals surface area contributed by atoms with Crippen LogP contribution in [0, 0.1) is 5.92 Å². The third-order valence-electron chi connectivity index (χ3n) is 3.85. The number of rotatable bonds is 4. The summed E-state index contributed by atoms with van der Waals surface area (Å²) in [6.45, 7) is 3.35. The number of anilines is 2. The second-order valence-electron chi connectivity index (χ2n) is 5.53. The number of hydrogen-bond acceptors (Lipinski definition) is 6. The van der Waals surface area contributed by atoms with Gasteiger partial charge in [0, 0.05) is 43.4 Å². The highest BCUT2D eigenvalue weighted by Crippen LogP contribution is 2.22. The molecule has 2 aromatic heterocycles. The van der Waals surface area contributed by atoms with Crippen molar-refractivity contribution >= 4 is 28.2 Å². The molecular weight excluding hydrogens is 298 g/mol. The fraction of sp³-hybridized carbons (Fsp3) is 0.467. The number of thiazole rings is 1. The number of carbonyl (C=O) groups excluding carboxylic acids is 1. The maximum absolute atomic E-state index is 11.5. The van der Waals surface area contributed by atoms with Gasteiger partial charge in [0.15, 0.2) is 5.13 Å². The molecule has 1 N–H and O–H groups in total. The molecule has 0 aliphatic carbocycles. The molecule has 0 unspecified atom stereocenters. The average molecular weight is 317 g/mol. The zero-order chi connectivity index (χ0) is 15.4. The Bertz CT molecular complexity index is 631. The zero-order valence-electron chi connectivity index (χ0n) is 12.5. The molecule has 1 saturated heterocycles. The van der Waals surface area contributed by atoms with Gasteiger partial charge in [0.05, 0.1) is 0 Å². The van der Waals surface area contributed by atoms with E-state index >= 15 is 0 Å². The van der Waals surface area contributed by atoms with Gasteiger partial charge in [0.1, 0.15) is 12.1 Å². The van der Waals surface area contributed by atoms with Crippen LogP contribution in [0.1, 0.15) is 25.5 Å². The summed E-state index contributed by atoms with van der Waals surface area (Å²) in [6, 6.07) is 1.97. The summed E-state index contributed by atoms with van der Waals surface area (Å²) in [7, 11) is 0. The van der Waals surface area contributed by atoms with E-state index in [1.54, 1.807) is 19.4 Å². The summed E-state index contributed by atoms with van der Waals surface area (Å²) in [4.78, 5) is 26.2. The Morgan fingerprint density at radius 3 is 3.14 bits per heavy atom. The molecule has 1 fully saturated rings. The number of likely N-dealkylation sites (tertiary alicyclic amines) is 1. The van der Waals surface area contributed by atoms with Crippen molar-refractivity contribution in [1.82, 2.24) is 19.9 Å². The van der Waals surface area contributed by atoms with E-state index in [4.69, 9.17) is 0 Å². The first-order chi connectivity index (χ1) is 10.7. The SMILES string of the molecule is CC(=O)N1CCC[C@@H](Cc2cc(Nc3nccs3)ncn2)C1. The molecule has 1 aliphatic heterocycles. The van der Waals surface area contributed by atoms with Gasteiger partial charge in [-0.05, 0) is 25.2 Å². The quantitative estimate of drug-likeness (QED) is 0.938. The summed E-state index contributed by atoms with van der Waals surface area (Å²) in [6.07, 6.45) is 6.42. The van der Waals surface area contributed by atoms with Crippen LogP contribution in [-0.2, 0) is 11.2 Å². The lowest BCUT2D eigenvalue weighted by Crippen LogP contribution is -2.39. The number of nitrogens with zero attached hydrogens (tertiary/aromatic N) is 4. The Labute approximate surface area is 133 Å². The highest BCUT2D eigenvalue weighted by Gasteiger charge is 2.22. The fourth-order valence-corrected chi connectivity index (χ4v) is 3.32. The molecule has 1 amide bonds. The summed E-state index contributed by atoms with van der Waals surface area (Å²) in [5.41, 5.74) is 1.00. The second kappa shape index (κ2) is 6.83. The first-order valence-electron chi connectivity index (χ1n) is 7.43. The molecule has 0 bridgehead atoms. The normalized spacial score (nSPS) is 18.2. The van der Waals surface area contributed by atoms with Gasteiger partial charge in [-0.1, -0.05) is 0 Å². The van der Waals surface area contributed by atoms with E-state index < -0.39 is 0 Å². The highest BCUT2D eigenvalue weighted by molar-refractivity contribution is 7.13. The summed E-state index contributed by atoms with van der Waals surface area (Å²) >= 11 is 1.54. The predicted molar refractivity (Wildman–Crippen MR) is 86.1 cm³/mol. The molecule has 1 atom stereocenters. The van der Waals surface area contributed by atoms with Crippen LogP contribution in [0.4, 0.5) is 10.9 Å². The lowest BCUT2D eigenvalue weighted by atomic mass is 9.93. The Balaban J connectivity index is 1.63. The van der Waals surface area contributed by atoms with E-state index in [-0.39, 0.29) is 5.91 Å². The lowest BCUT2D eigenvalue weighted by molar-refractivity contribution is -0.130. The van der Waals surface area contributed by atoms with Crippen LogP contribution in [0.15, 0.2) is 24.0 Å². The van der Waals surface area contributed by atoms with Gasteiger partial charge in [-0.25, -0.2) is 15.0 Å². The van der Waals surface area contributed by atoms with Crippen molar-refractivity contribution in [1.29, 1.82) is 0 Å². The first-order valence-corrected chi connectivity index (χ1v) is 8.31. The van der Waals surface area contributed by atoms with Crippen LogP contribution in [0.3, 0.4) is 0 Å². The van der Waals surface area contributed by atoms with Gasteiger partial charge in [-0.3, -0.25) is 4.79 Å². The van der Waals surface area contributed by atoms with Crippen LogP contribution in [0.25, 0.3) is 0 Å². The zero-order valence-corrected chi connectivity index (χ0v) is 13.3. The Morgan fingerprint density at radius 2 is 2.36 bits per heavy atom. The van der Waals surface area contributed by atoms with Gasteiger partial charge in [0.25, 0.3) is 0 Å². The number of amides is 1. The average Bonchev–Trinajstić information content (AvgIpc) is 3.01. The van der Waals surface area contributed by atoms with Crippen molar-refractivity contribution in [3.05, 3.63) is 29.7 Å². The van der Waals surface area contributed by atoms with Crippen molar-refractivity contribution in [2.75, 3.05) is 18.4 Å². The van der Waals surface area contributed by atoms with Gasteiger partial charge in [0.2, 0.25) is 5.91 Å². The minimum absolute atomic E-state index is 0.165. The van der Waals surface area contributed by atoms with Crippen LogP contribution < -0.4 is 5.32 Å². The maximum Gasteiger partial charge on any atom is 0.219 e. The lowest BCUT2D eigenvalue weighted by Gasteiger charge is -2.31. The molecule has 7 heteroatoms. The summed E-state index contributed by atoms with van der Waals surface area (Å²) < 4.78 is 0. The van der Waals surface area contributed by atoms with Crippen molar-refractivity contribution < 1.29 is 4.79 Å². The van der Waals surface area contributed by atoms with Crippen LogP contribution in [0.2, 0.25) is 0 Å². The molecule has 116 valence electrons. The van der Waals surface area contributed by atoms with E-state index in [9.17, 15) is 4.79 Å². The molecule has 3 rings (SSSR count). The van der Waals surface area contributed by atoms with Crippen LogP contribution in [-0.4, -0.2) is 38.8 Å². The monoisotopic (exact) mass is 317 g/mol. The Hall–Kier alpha value is -2.02. The number of aromatic nitrogens is 3. The van der Waals surface area contributed by atoms with Crippen LogP contribution >= 0.6 is 11.3 Å². The molecule has 0 saturated carbocycles. The summed E-state index contributed by atoms with van der Waals surface area (Å²) in [5.74, 6) is 1.40. The highest BCUT2D eigenvalue weighted by atomic mass is 32.1. The van der Waals surface area contributed by atoms with Crippen molar-refractivity contribution in [2.24, 2.45) is 5.92 Å². The van der Waals surface area contributed by atoms with Crippen LogP contribution in [0.5, 0.6) is 0 Å². The number of piperidine rings is 1. The van der Waals surface area contributed by atoms with E-state index in [0.717, 1.165) is 49.0 Å². The number of carbonyl (C=O) groups is 1. The Morgan fingerprint density at radius 1 is 1.45 bits per heavy atom. The van der Waals surface area contributed by atoms with E-state index in [1.807, 2.05) is 16.3 Å². The van der Waals surface area contributed by atoms with E-state index in [0.29, 0.717) is 5.92 Å². The van der Waals surface area contributed by atoms with E-state index in [2.05, 4.69) is 20.3 Å². The standard InChI is InChI=1S/C15H19N5OS/c1-11(21)20-5-2-3-12(9-20)7-13-8-14(18-10-17-13)19-15-16-4-6-22-15/h4,6,8,10,12H,2-3,5,7,9H2,1H3,(H,16,17,18,19)/t12-/m0/s1. The Kier molecular flexibility index (Phi) is 4.62. The molecule has 2 aromatic rings. The summed E-state index contributed by atoms with van der Waals surface area (Å²) in [5, 5.41) is 5.92. The third kappa shape index (κ3) is 3.79. The van der Waals surface area contributed by atoms with Crippen molar-refractivity contribution in [3.8, 4) is 0 Å². The molecule has 0 aromatic carbocycles. The minimum atomic E-state index is 0.165. The second-order valence-corrected chi connectivity index (χ2v) is 6.43. The smallest absolute Gasteiger partial charge is 0.219 e. The van der Waals surface area contributed by atoms with Crippen molar-refractivity contribution in [2.45, 2.75) is 26.2 Å². The number of nitrogens with one attached hydrogen (secondary N) is 1. The molecule has 6 nitrogen and oxygen atoms in total. The molecule has 22 heavy (non-hydrogen) atoms. The molecular formula is C15H19N5OS. The van der Waals surface area contributed by atoms with Gasteiger partial charge >= 0.3 is 0 Å². The van der Waals surface area contributed by atoms with Gasteiger partial charge < -0.3 is 10.2 Å². The molecule has 1 aliphatic rings. The third-order valence-corrected chi connectivity index (χ3v) is 4.54. The van der Waals surface area contributed by atoms with Gasteiger partial charge in [-0.2, -0.15) is 0 Å². The van der Waals surface area contributed by atoms with Gasteiger partial charge in [-0.15, -0.1) is 11.3 Å². The molecule has 0 spiro atoms. The van der Waals surface area contributed by atoms with E-state index in [1.165, 1.54) is 11.3 Å². The largest absolute Gasteiger partial charge is 0.343 e. The predicted octanol–water partition coefficient (Wildman–Crippen LogP) is 2.48. The van der Waals surface area contributed by atoms with Crippen molar-refractivity contribution in [3.63, 3.8) is 0 Å². The molecule has 3 heterocycles. The maximum atomic E-state index is 11.5.